The summed E-state index contributed by atoms with van der Waals surface area (Å²) in [7, 11) is 1.41. The first-order valence-electron chi connectivity index (χ1n) is 10.7. The van der Waals surface area contributed by atoms with Crippen LogP contribution in [0.5, 0.6) is 5.75 Å². The van der Waals surface area contributed by atoms with Crippen molar-refractivity contribution < 1.29 is 18.7 Å². The van der Waals surface area contributed by atoms with Crippen LogP contribution in [0.25, 0.3) is 11.1 Å². The zero-order valence-electron chi connectivity index (χ0n) is 19.3. The molecule has 6 nitrogen and oxygen atoms in total. The van der Waals surface area contributed by atoms with E-state index in [0.29, 0.717) is 5.56 Å². The summed E-state index contributed by atoms with van der Waals surface area (Å²) >= 11 is 0. The van der Waals surface area contributed by atoms with Crippen LogP contribution < -0.4 is 9.64 Å². The van der Waals surface area contributed by atoms with Crippen LogP contribution in [0.2, 0.25) is 0 Å². The number of anilines is 1. The number of piperidine rings is 1. The predicted molar refractivity (Wildman–Crippen MR) is 119 cm³/mol. The van der Waals surface area contributed by atoms with Crippen molar-refractivity contribution in [1.82, 2.24) is 9.97 Å². The van der Waals surface area contributed by atoms with Crippen LogP contribution >= 0.6 is 0 Å². The Hall–Kier alpha value is -2.70. The number of esters is 1. The molecule has 0 atom stereocenters. The van der Waals surface area contributed by atoms with E-state index in [9.17, 15) is 9.18 Å². The van der Waals surface area contributed by atoms with Gasteiger partial charge >= 0.3 is 5.97 Å². The molecule has 168 valence electrons. The third-order valence-corrected chi connectivity index (χ3v) is 5.82. The number of ether oxygens (including phenoxy) is 2. The molecule has 0 spiro atoms. The second-order valence-electron chi connectivity index (χ2n) is 9.17. The van der Waals surface area contributed by atoms with Gasteiger partial charge in [-0.15, -0.1) is 0 Å². The van der Waals surface area contributed by atoms with E-state index in [1.54, 1.807) is 12.3 Å². The quantitative estimate of drug-likeness (QED) is 0.489. The number of methoxy groups -OCH3 is 1. The summed E-state index contributed by atoms with van der Waals surface area (Å²) in [5, 5.41) is 0. The molecule has 1 aliphatic heterocycles. The molecule has 1 fully saturated rings. The van der Waals surface area contributed by atoms with Crippen molar-refractivity contribution in [3.63, 3.8) is 0 Å². The average molecular weight is 430 g/mol. The Labute approximate surface area is 183 Å². The zero-order valence-corrected chi connectivity index (χ0v) is 19.3. The molecule has 2 aromatic heterocycles. The average Bonchev–Trinajstić information content (AvgIpc) is 2.69. The Morgan fingerprint density at radius 1 is 1.23 bits per heavy atom. The van der Waals surface area contributed by atoms with Gasteiger partial charge in [-0.25, -0.2) is 4.98 Å². The minimum Gasteiger partial charge on any atom is -0.492 e. The fourth-order valence-corrected chi connectivity index (χ4v) is 3.92. The van der Waals surface area contributed by atoms with E-state index in [-0.39, 0.29) is 29.7 Å². The Morgan fingerprint density at radius 2 is 1.90 bits per heavy atom. The van der Waals surface area contributed by atoms with E-state index in [4.69, 9.17) is 9.47 Å². The van der Waals surface area contributed by atoms with Gasteiger partial charge < -0.3 is 14.4 Å². The lowest BCUT2D eigenvalue weighted by atomic mass is 9.82. The summed E-state index contributed by atoms with van der Waals surface area (Å²) in [5.74, 6) is -0.872. The van der Waals surface area contributed by atoms with E-state index in [0.717, 1.165) is 48.4 Å². The SMILES string of the molecule is COc1cc(-c2cnc(C)c(CC(=O)OC(C)C)c2N2CCC(C)(C)CC2)cnc1F. The number of aromatic nitrogens is 2. The first-order chi connectivity index (χ1) is 14.6. The van der Waals surface area contributed by atoms with Crippen molar-refractivity contribution in [2.75, 3.05) is 25.1 Å². The summed E-state index contributed by atoms with van der Waals surface area (Å²) in [6.07, 6.45) is 5.28. The molecule has 1 aliphatic rings. The standard InChI is InChI=1S/C24H32FN3O3/c1-15(2)31-21(29)12-18-16(3)26-14-19(17-11-20(30-6)23(25)27-13-17)22(18)28-9-7-24(4,5)8-10-28/h11,13-15H,7-10,12H2,1-6H3. The third-order valence-electron chi connectivity index (χ3n) is 5.82. The van der Waals surface area contributed by atoms with Crippen LogP contribution in [0, 0.1) is 18.3 Å². The number of nitrogens with zero attached hydrogens (tertiary/aromatic N) is 3. The third kappa shape index (κ3) is 5.32. The molecule has 0 amide bonds. The maximum atomic E-state index is 13.9. The molecular weight excluding hydrogens is 397 g/mol. The molecule has 3 heterocycles. The van der Waals surface area contributed by atoms with Crippen molar-refractivity contribution in [2.24, 2.45) is 5.41 Å². The number of hydrogen-bond acceptors (Lipinski definition) is 6. The van der Waals surface area contributed by atoms with Gasteiger partial charge in [0.15, 0.2) is 5.75 Å². The maximum absolute atomic E-state index is 13.9. The molecule has 0 aromatic carbocycles. The second kappa shape index (κ2) is 9.20. The van der Waals surface area contributed by atoms with Crippen molar-refractivity contribution in [2.45, 2.75) is 60.0 Å². The molecule has 0 aliphatic carbocycles. The monoisotopic (exact) mass is 429 g/mol. The Kier molecular flexibility index (Phi) is 6.82. The topological polar surface area (TPSA) is 64.6 Å². The van der Waals surface area contributed by atoms with E-state index in [2.05, 4.69) is 28.7 Å². The fourth-order valence-electron chi connectivity index (χ4n) is 3.92. The lowest BCUT2D eigenvalue weighted by Gasteiger charge is -2.40. The van der Waals surface area contributed by atoms with Gasteiger partial charge in [0.25, 0.3) is 5.95 Å². The van der Waals surface area contributed by atoms with Crippen molar-refractivity contribution >= 4 is 11.7 Å². The van der Waals surface area contributed by atoms with Crippen LogP contribution in [0.4, 0.5) is 10.1 Å². The summed E-state index contributed by atoms with van der Waals surface area (Å²) in [5.41, 5.74) is 4.35. The highest BCUT2D eigenvalue weighted by atomic mass is 19.1. The van der Waals surface area contributed by atoms with Gasteiger partial charge in [0.1, 0.15) is 0 Å². The fraction of sp³-hybridized carbons (Fsp3) is 0.542. The highest BCUT2D eigenvalue weighted by Gasteiger charge is 2.30. The highest BCUT2D eigenvalue weighted by molar-refractivity contribution is 5.85. The van der Waals surface area contributed by atoms with Crippen molar-refractivity contribution in [3.05, 3.63) is 35.7 Å². The highest BCUT2D eigenvalue weighted by Crippen LogP contribution is 2.40. The summed E-state index contributed by atoms with van der Waals surface area (Å²) < 4.78 is 24.5. The number of pyridine rings is 2. The molecule has 0 saturated carbocycles. The molecule has 1 saturated heterocycles. The maximum Gasteiger partial charge on any atom is 0.310 e. The molecule has 0 radical (unpaired) electrons. The summed E-state index contributed by atoms with van der Waals surface area (Å²) in [6, 6.07) is 1.63. The number of carbonyl (C=O) groups is 1. The van der Waals surface area contributed by atoms with E-state index >= 15 is 0 Å². The Balaban J connectivity index is 2.12. The lowest BCUT2D eigenvalue weighted by molar-refractivity contribution is -0.146. The number of rotatable bonds is 6. The van der Waals surface area contributed by atoms with Crippen LogP contribution in [0.3, 0.4) is 0 Å². The normalized spacial score (nSPS) is 15.8. The summed E-state index contributed by atoms with van der Waals surface area (Å²) in [4.78, 5) is 23.3. The van der Waals surface area contributed by atoms with Crippen LogP contribution in [0.15, 0.2) is 18.5 Å². The van der Waals surface area contributed by atoms with Crippen molar-refractivity contribution in [3.8, 4) is 16.9 Å². The van der Waals surface area contributed by atoms with Gasteiger partial charge in [0.2, 0.25) is 0 Å². The van der Waals surface area contributed by atoms with Gasteiger partial charge in [-0.2, -0.15) is 4.39 Å². The van der Waals surface area contributed by atoms with Gasteiger partial charge in [-0.3, -0.25) is 9.78 Å². The zero-order chi connectivity index (χ0) is 22.8. The van der Waals surface area contributed by atoms with Gasteiger partial charge in [0.05, 0.1) is 25.3 Å². The van der Waals surface area contributed by atoms with E-state index < -0.39 is 5.95 Å². The molecule has 2 aromatic rings. The first-order valence-corrected chi connectivity index (χ1v) is 10.7. The molecule has 31 heavy (non-hydrogen) atoms. The number of carbonyl (C=O) groups excluding carboxylic acids is 1. The molecule has 7 heteroatoms. The van der Waals surface area contributed by atoms with Crippen LogP contribution in [0.1, 0.15) is 51.8 Å². The number of hydrogen-bond donors (Lipinski definition) is 0. The minimum absolute atomic E-state index is 0.0737. The molecule has 0 N–H and O–H groups in total. The lowest BCUT2D eigenvalue weighted by Crippen LogP contribution is -2.38. The van der Waals surface area contributed by atoms with E-state index in [1.165, 1.54) is 13.3 Å². The van der Waals surface area contributed by atoms with Crippen LogP contribution in [-0.4, -0.2) is 42.2 Å². The van der Waals surface area contributed by atoms with Crippen molar-refractivity contribution in [1.29, 1.82) is 0 Å². The van der Waals surface area contributed by atoms with Crippen LogP contribution in [-0.2, 0) is 16.0 Å². The van der Waals surface area contributed by atoms with Gasteiger partial charge in [-0.05, 0) is 45.1 Å². The molecule has 0 unspecified atom stereocenters. The smallest absolute Gasteiger partial charge is 0.310 e. The van der Waals surface area contributed by atoms with Gasteiger partial charge in [0, 0.05) is 47.9 Å². The van der Waals surface area contributed by atoms with Gasteiger partial charge in [-0.1, -0.05) is 13.8 Å². The predicted octanol–water partition coefficient (Wildman–Crippen LogP) is 4.72. The Bertz CT molecular complexity index is 949. The second-order valence-corrected chi connectivity index (χ2v) is 9.17. The summed E-state index contributed by atoms with van der Waals surface area (Å²) in [6.45, 7) is 11.9. The van der Waals surface area contributed by atoms with E-state index in [1.807, 2.05) is 20.8 Å². The molecular formula is C24H32FN3O3. The Morgan fingerprint density at radius 3 is 2.52 bits per heavy atom. The number of halogens is 1. The molecule has 3 rings (SSSR count). The largest absolute Gasteiger partial charge is 0.492 e. The number of aryl methyl sites for hydroxylation is 1. The molecule has 0 bridgehead atoms. The minimum atomic E-state index is -0.659. The first kappa shape index (κ1) is 23.0.